The molecule has 3 aromatic rings. The fraction of sp³-hybridized carbons (Fsp3) is 0. The van der Waals surface area contributed by atoms with Gasteiger partial charge in [0.05, 0.1) is 22.9 Å². The minimum Gasteiger partial charge on any atom is -0.505 e. The second-order valence-corrected chi connectivity index (χ2v) is 4.57. The van der Waals surface area contributed by atoms with Crippen molar-refractivity contribution in [3.63, 3.8) is 0 Å². The van der Waals surface area contributed by atoms with Crippen molar-refractivity contribution in [1.29, 1.82) is 0 Å². The molecule has 2 aromatic carbocycles. The van der Waals surface area contributed by atoms with Gasteiger partial charge in [-0.15, -0.1) is 0 Å². The van der Waals surface area contributed by atoms with Gasteiger partial charge in [0, 0.05) is 11.1 Å². The number of aromatic hydroxyl groups is 1. The molecule has 6 nitrogen and oxygen atoms in total. The van der Waals surface area contributed by atoms with Crippen LogP contribution in [0.1, 0.15) is 10.4 Å². The average molecular weight is 299 g/mol. The Kier molecular flexibility index (Phi) is 3.40. The second kappa shape index (κ2) is 5.38. The molecule has 0 bridgehead atoms. The molecule has 0 unspecified atom stereocenters. The number of carbonyl (C=O) groups is 1. The summed E-state index contributed by atoms with van der Waals surface area (Å²) in [4.78, 5) is 19.9. The number of nitrogens with one attached hydrogen (secondary N) is 1. The molecule has 1 amide bonds. The Hall–Kier alpha value is -3.06. The topological polar surface area (TPSA) is 95.3 Å². The lowest BCUT2D eigenvalue weighted by Gasteiger charge is -2.05. The van der Waals surface area contributed by atoms with E-state index in [-0.39, 0.29) is 5.56 Å². The lowest BCUT2D eigenvalue weighted by Crippen LogP contribution is -2.18. The fourth-order valence-electron chi connectivity index (χ4n) is 2.02. The number of rotatable bonds is 2. The minimum absolute atomic E-state index is 0.221. The standard InChI is InChI=1S/C15H10FN3O3/c16-10-5-8(2-4-14(10)20)13-7-17-11-3-1-9(15(21)19-22)6-12(11)18-13/h1-7,20,22H,(H,19,21). The van der Waals surface area contributed by atoms with Crippen molar-refractivity contribution in [2.24, 2.45) is 0 Å². The van der Waals surface area contributed by atoms with Gasteiger partial charge in [-0.1, -0.05) is 0 Å². The summed E-state index contributed by atoms with van der Waals surface area (Å²) in [5, 5.41) is 17.9. The van der Waals surface area contributed by atoms with Gasteiger partial charge in [-0.05, 0) is 36.4 Å². The first-order valence-corrected chi connectivity index (χ1v) is 6.28. The molecule has 1 aromatic heterocycles. The van der Waals surface area contributed by atoms with E-state index in [4.69, 9.17) is 5.21 Å². The van der Waals surface area contributed by atoms with E-state index in [1.54, 1.807) is 11.5 Å². The molecule has 0 atom stereocenters. The summed E-state index contributed by atoms with van der Waals surface area (Å²) >= 11 is 0. The Labute approximate surface area is 123 Å². The van der Waals surface area contributed by atoms with Gasteiger partial charge >= 0.3 is 0 Å². The van der Waals surface area contributed by atoms with E-state index in [2.05, 4.69) is 9.97 Å². The highest BCUT2D eigenvalue weighted by Gasteiger charge is 2.09. The van der Waals surface area contributed by atoms with Crippen LogP contribution in [0.2, 0.25) is 0 Å². The van der Waals surface area contributed by atoms with Crippen LogP contribution in [0.15, 0.2) is 42.6 Å². The predicted molar refractivity (Wildman–Crippen MR) is 75.8 cm³/mol. The summed E-state index contributed by atoms with van der Waals surface area (Å²) in [5.41, 5.74) is 3.58. The first-order chi connectivity index (χ1) is 10.6. The molecule has 110 valence electrons. The predicted octanol–water partition coefficient (Wildman–Crippen LogP) is 2.26. The van der Waals surface area contributed by atoms with Crippen molar-refractivity contribution in [2.75, 3.05) is 0 Å². The number of carbonyl (C=O) groups excluding carboxylic acids is 1. The fourth-order valence-corrected chi connectivity index (χ4v) is 2.02. The van der Waals surface area contributed by atoms with Crippen molar-refractivity contribution in [1.82, 2.24) is 15.4 Å². The number of fused-ring (bicyclic) bond motifs is 1. The summed E-state index contributed by atoms with van der Waals surface area (Å²) in [6, 6.07) is 8.45. The number of benzene rings is 2. The average Bonchev–Trinajstić information content (AvgIpc) is 2.55. The Morgan fingerprint density at radius 2 is 1.95 bits per heavy atom. The minimum atomic E-state index is -0.757. The van der Waals surface area contributed by atoms with Crippen LogP contribution in [0.5, 0.6) is 5.75 Å². The highest BCUT2D eigenvalue weighted by molar-refractivity contribution is 5.96. The molecule has 0 spiro atoms. The highest BCUT2D eigenvalue weighted by Crippen LogP contribution is 2.24. The van der Waals surface area contributed by atoms with Crippen LogP contribution in [0.4, 0.5) is 4.39 Å². The zero-order chi connectivity index (χ0) is 15.7. The molecule has 0 saturated heterocycles. The monoisotopic (exact) mass is 299 g/mol. The highest BCUT2D eigenvalue weighted by atomic mass is 19.1. The van der Waals surface area contributed by atoms with Crippen LogP contribution in [0, 0.1) is 5.82 Å². The van der Waals surface area contributed by atoms with Crippen LogP contribution >= 0.6 is 0 Å². The van der Waals surface area contributed by atoms with Crippen molar-refractivity contribution >= 4 is 16.9 Å². The van der Waals surface area contributed by atoms with E-state index in [1.165, 1.54) is 30.5 Å². The van der Waals surface area contributed by atoms with Gasteiger partial charge in [-0.2, -0.15) is 0 Å². The molecule has 0 aliphatic rings. The van der Waals surface area contributed by atoms with E-state index in [1.807, 2.05) is 0 Å². The lowest BCUT2D eigenvalue weighted by molar-refractivity contribution is 0.0706. The summed E-state index contributed by atoms with van der Waals surface area (Å²) in [5.74, 6) is -1.86. The van der Waals surface area contributed by atoms with Crippen LogP contribution in [0.3, 0.4) is 0 Å². The molecule has 22 heavy (non-hydrogen) atoms. The van der Waals surface area contributed by atoms with Crippen LogP contribution in [-0.4, -0.2) is 26.2 Å². The zero-order valence-corrected chi connectivity index (χ0v) is 11.1. The number of hydrogen-bond acceptors (Lipinski definition) is 5. The molecule has 0 fully saturated rings. The quantitative estimate of drug-likeness (QED) is 0.498. The SMILES string of the molecule is O=C(NO)c1ccc2ncc(-c3ccc(O)c(F)c3)nc2c1. The number of aromatic nitrogens is 2. The van der Waals surface area contributed by atoms with Crippen molar-refractivity contribution in [3.05, 3.63) is 54.0 Å². The van der Waals surface area contributed by atoms with Gasteiger partial charge in [-0.3, -0.25) is 15.0 Å². The van der Waals surface area contributed by atoms with E-state index in [9.17, 15) is 14.3 Å². The molecule has 3 N–H and O–H groups in total. The molecule has 0 aliphatic heterocycles. The third kappa shape index (κ3) is 2.45. The third-order valence-corrected chi connectivity index (χ3v) is 3.15. The molecule has 3 rings (SSSR count). The number of nitrogens with zero attached hydrogens (tertiary/aromatic N) is 2. The first-order valence-electron chi connectivity index (χ1n) is 6.28. The van der Waals surface area contributed by atoms with Crippen LogP contribution < -0.4 is 5.48 Å². The third-order valence-electron chi connectivity index (χ3n) is 3.15. The van der Waals surface area contributed by atoms with Gasteiger partial charge in [0.15, 0.2) is 11.6 Å². The largest absolute Gasteiger partial charge is 0.505 e. The molecular formula is C15H10FN3O3. The van der Waals surface area contributed by atoms with Gasteiger partial charge in [0.25, 0.3) is 5.91 Å². The summed E-state index contributed by atoms with van der Waals surface area (Å²) in [6.45, 7) is 0. The smallest absolute Gasteiger partial charge is 0.274 e. The molecule has 7 heteroatoms. The van der Waals surface area contributed by atoms with Crippen molar-refractivity contribution < 1.29 is 19.5 Å². The van der Waals surface area contributed by atoms with E-state index in [0.717, 1.165) is 6.07 Å². The number of phenols is 1. The number of amides is 1. The van der Waals surface area contributed by atoms with E-state index >= 15 is 0 Å². The maximum absolute atomic E-state index is 13.4. The number of halogens is 1. The van der Waals surface area contributed by atoms with Gasteiger partial charge in [-0.25, -0.2) is 14.9 Å². The van der Waals surface area contributed by atoms with Gasteiger partial charge < -0.3 is 5.11 Å². The lowest BCUT2D eigenvalue weighted by atomic mass is 10.1. The summed E-state index contributed by atoms with van der Waals surface area (Å²) < 4.78 is 13.4. The Morgan fingerprint density at radius 1 is 1.14 bits per heavy atom. The second-order valence-electron chi connectivity index (χ2n) is 4.57. The molecule has 0 aliphatic carbocycles. The molecular weight excluding hydrogens is 289 g/mol. The summed E-state index contributed by atoms with van der Waals surface area (Å²) in [7, 11) is 0. The number of hydrogen-bond donors (Lipinski definition) is 3. The maximum Gasteiger partial charge on any atom is 0.274 e. The number of phenolic OH excluding ortho intramolecular Hbond substituents is 1. The molecule has 1 heterocycles. The van der Waals surface area contributed by atoms with Crippen LogP contribution in [-0.2, 0) is 0 Å². The number of hydroxylamine groups is 1. The zero-order valence-electron chi connectivity index (χ0n) is 11.1. The van der Waals surface area contributed by atoms with Crippen molar-refractivity contribution in [2.45, 2.75) is 0 Å². The Bertz CT molecular complexity index is 883. The maximum atomic E-state index is 13.4. The normalized spacial score (nSPS) is 10.6. The van der Waals surface area contributed by atoms with Crippen molar-refractivity contribution in [3.8, 4) is 17.0 Å². The summed E-state index contributed by atoms with van der Waals surface area (Å²) in [6.07, 6.45) is 1.47. The van der Waals surface area contributed by atoms with E-state index in [0.29, 0.717) is 22.3 Å². The molecule has 0 radical (unpaired) electrons. The van der Waals surface area contributed by atoms with Gasteiger partial charge in [0.1, 0.15) is 0 Å². The first kappa shape index (κ1) is 13.9. The van der Waals surface area contributed by atoms with Gasteiger partial charge in [0.2, 0.25) is 0 Å². The Balaban J connectivity index is 2.11. The van der Waals surface area contributed by atoms with Crippen LogP contribution in [0.25, 0.3) is 22.3 Å². The Morgan fingerprint density at radius 3 is 2.68 bits per heavy atom. The molecule has 0 saturated carbocycles. The van der Waals surface area contributed by atoms with E-state index < -0.39 is 17.5 Å².